The van der Waals surface area contributed by atoms with Crippen LogP contribution in [0.2, 0.25) is 0 Å². The summed E-state index contributed by atoms with van der Waals surface area (Å²) in [5, 5.41) is 8.66. The second-order valence-electron chi connectivity index (χ2n) is 2.80. The van der Waals surface area contributed by atoms with Crippen molar-refractivity contribution in [1.82, 2.24) is 0 Å². The fourth-order valence-corrected chi connectivity index (χ4v) is 0.567. The van der Waals surface area contributed by atoms with E-state index in [0.717, 1.165) is 0 Å². The SMILES string of the molecule is CCC(C)(N)C(O)C(F)(F)F. The molecule has 0 amide bonds. The summed E-state index contributed by atoms with van der Waals surface area (Å²) >= 11 is 0. The average Bonchev–Trinajstić information content (AvgIpc) is 1.84. The summed E-state index contributed by atoms with van der Waals surface area (Å²) in [7, 11) is 0. The average molecular weight is 171 g/mol. The molecule has 2 nitrogen and oxygen atoms in total. The van der Waals surface area contributed by atoms with Crippen LogP contribution in [-0.2, 0) is 0 Å². The van der Waals surface area contributed by atoms with Gasteiger partial charge in [0.1, 0.15) is 0 Å². The molecule has 11 heavy (non-hydrogen) atoms. The summed E-state index contributed by atoms with van der Waals surface area (Å²) in [6.07, 6.45) is -6.99. The van der Waals surface area contributed by atoms with Gasteiger partial charge in [0.25, 0.3) is 0 Å². The maximum atomic E-state index is 11.8. The Kier molecular flexibility index (Phi) is 2.91. The van der Waals surface area contributed by atoms with Crippen LogP contribution in [-0.4, -0.2) is 22.9 Å². The van der Waals surface area contributed by atoms with Gasteiger partial charge in [-0.3, -0.25) is 0 Å². The van der Waals surface area contributed by atoms with Gasteiger partial charge in [0, 0.05) is 5.54 Å². The smallest absolute Gasteiger partial charge is 0.382 e. The van der Waals surface area contributed by atoms with Crippen molar-refractivity contribution in [2.24, 2.45) is 5.73 Å². The van der Waals surface area contributed by atoms with Crippen molar-refractivity contribution in [1.29, 1.82) is 0 Å². The van der Waals surface area contributed by atoms with Gasteiger partial charge in [-0.05, 0) is 13.3 Å². The molecule has 0 aromatic heterocycles. The van der Waals surface area contributed by atoms with Crippen molar-refractivity contribution in [3.63, 3.8) is 0 Å². The first kappa shape index (κ1) is 10.7. The van der Waals surface area contributed by atoms with E-state index in [9.17, 15) is 13.2 Å². The van der Waals surface area contributed by atoms with Crippen molar-refractivity contribution in [3.05, 3.63) is 0 Å². The molecule has 0 fully saturated rings. The monoisotopic (exact) mass is 171 g/mol. The van der Waals surface area contributed by atoms with E-state index in [1.54, 1.807) is 0 Å². The fourth-order valence-electron chi connectivity index (χ4n) is 0.567. The fraction of sp³-hybridized carbons (Fsp3) is 1.00. The quantitative estimate of drug-likeness (QED) is 0.652. The minimum absolute atomic E-state index is 0.0771. The van der Waals surface area contributed by atoms with E-state index in [2.05, 4.69) is 0 Å². The Bertz CT molecular complexity index is 132. The molecule has 2 unspecified atom stereocenters. The minimum atomic E-state index is -4.63. The third-order valence-corrected chi connectivity index (χ3v) is 1.70. The maximum Gasteiger partial charge on any atom is 0.416 e. The Morgan fingerprint density at radius 3 is 1.91 bits per heavy atom. The zero-order chi connectivity index (χ0) is 9.28. The molecule has 0 spiro atoms. The van der Waals surface area contributed by atoms with E-state index in [1.165, 1.54) is 13.8 Å². The summed E-state index contributed by atoms with van der Waals surface area (Å²) < 4.78 is 35.4. The van der Waals surface area contributed by atoms with E-state index < -0.39 is 17.8 Å². The highest BCUT2D eigenvalue weighted by Crippen LogP contribution is 2.28. The molecular formula is C6H12F3NO. The molecule has 0 aliphatic carbocycles. The highest BCUT2D eigenvalue weighted by atomic mass is 19.4. The van der Waals surface area contributed by atoms with Gasteiger partial charge < -0.3 is 10.8 Å². The van der Waals surface area contributed by atoms with Crippen molar-refractivity contribution in [3.8, 4) is 0 Å². The molecular weight excluding hydrogens is 159 g/mol. The van der Waals surface area contributed by atoms with Gasteiger partial charge in [-0.2, -0.15) is 13.2 Å². The van der Waals surface area contributed by atoms with Gasteiger partial charge in [0.05, 0.1) is 0 Å². The number of aliphatic hydroxyl groups is 1. The molecule has 0 bridgehead atoms. The lowest BCUT2D eigenvalue weighted by atomic mass is 9.93. The molecule has 0 aromatic rings. The molecule has 0 heterocycles. The van der Waals surface area contributed by atoms with Crippen LogP contribution < -0.4 is 5.73 Å². The first-order valence-electron chi connectivity index (χ1n) is 3.25. The highest BCUT2D eigenvalue weighted by Gasteiger charge is 2.47. The van der Waals surface area contributed by atoms with Crippen LogP contribution in [0, 0.1) is 0 Å². The van der Waals surface area contributed by atoms with E-state index in [4.69, 9.17) is 10.8 Å². The second kappa shape index (κ2) is 2.98. The molecule has 3 N–H and O–H groups in total. The first-order chi connectivity index (χ1) is 4.72. The lowest BCUT2D eigenvalue weighted by Gasteiger charge is -2.30. The van der Waals surface area contributed by atoms with E-state index in [-0.39, 0.29) is 6.42 Å². The third-order valence-electron chi connectivity index (χ3n) is 1.70. The van der Waals surface area contributed by atoms with Crippen LogP contribution >= 0.6 is 0 Å². The molecule has 0 aromatic carbocycles. The normalized spacial score (nSPS) is 21.0. The lowest BCUT2D eigenvalue weighted by molar-refractivity contribution is -0.221. The molecule has 0 rings (SSSR count). The van der Waals surface area contributed by atoms with Crippen LogP contribution in [0.25, 0.3) is 0 Å². The summed E-state index contributed by atoms with van der Waals surface area (Å²) in [6, 6.07) is 0. The number of halogens is 3. The Balaban J connectivity index is 4.35. The molecule has 0 aliphatic heterocycles. The second-order valence-corrected chi connectivity index (χ2v) is 2.80. The van der Waals surface area contributed by atoms with E-state index in [1.807, 2.05) is 0 Å². The Morgan fingerprint density at radius 1 is 1.45 bits per heavy atom. The molecule has 5 heteroatoms. The Hall–Kier alpha value is -0.290. The number of hydrogen-bond acceptors (Lipinski definition) is 2. The molecule has 2 atom stereocenters. The van der Waals surface area contributed by atoms with Gasteiger partial charge in [-0.1, -0.05) is 6.92 Å². The summed E-state index contributed by atoms with van der Waals surface area (Å²) in [4.78, 5) is 0. The number of hydrogen-bond donors (Lipinski definition) is 2. The van der Waals surface area contributed by atoms with Gasteiger partial charge in [-0.25, -0.2) is 0 Å². The number of alkyl halides is 3. The van der Waals surface area contributed by atoms with Gasteiger partial charge in [-0.15, -0.1) is 0 Å². The highest BCUT2D eigenvalue weighted by molar-refractivity contribution is 4.89. The molecule has 0 saturated heterocycles. The van der Waals surface area contributed by atoms with E-state index in [0.29, 0.717) is 0 Å². The maximum absolute atomic E-state index is 11.8. The van der Waals surface area contributed by atoms with Crippen LogP contribution in [0.15, 0.2) is 0 Å². The van der Waals surface area contributed by atoms with E-state index >= 15 is 0 Å². The van der Waals surface area contributed by atoms with Crippen LogP contribution in [0.4, 0.5) is 13.2 Å². The number of nitrogens with two attached hydrogens (primary N) is 1. The molecule has 0 radical (unpaired) electrons. The molecule has 68 valence electrons. The predicted molar refractivity (Wildman–Crippen MR) is 34.9 cm³/mol. The van der Waals surface area contributed by atoms with Crippen LogP contribution in [0.3, 0.4) is 0 Å². The topological polar surface area (TPSA) is 46.2 Å². The van der Waals surface area contributed by atoms with Crippen molar-refractivity contribution < 1.29 is 18.3 Å². The zero-order valence-corrected chi connectivity index (χ0v) is 6.44. The standard InChI is InChI=1S/C6H12F3NO/c1-3-5(2,10)4(11)6(7,8)9/h4,11H,3,10H2,1-2H3. The Labute approximate surface area is 63.2 Å². The van der Waals surface area contributed by atoms with Crippen molar-refractivity contribution in [2.75, 3.05) is 0 Å². The molecule has 0 aliphatic rings. The van der Waals surface area contributed by atoms with Gasteiger partial charge >= 0.3 is 6.18 Å². The van der Waals surface area contributed by atoms with Crippen molar-refractivity contribution >= 4 is 0 Å². The summed E-state index contributed by atoms with van der Waals surface area (Å²) in [5.41, 5.74) is 3.59. The summed E-state index contributed by atoms with van der Waals surface area (Å²) in [6.45, 7) is 2.67. The Morgan fingerprint density at radius 2 is 1.82 bits per heavy atom. The number of rotatable bonds is 2. The first-order valence-corrected chi connectivity index (χ1v) is 3.25. The predicted octanol–water partition coefficient (Wildman–Crippen LogP) is 1.04. The molecule has 0 saturated carbocycles. The largest absolute Gasteiger partial charge is 0.416 e. The number of aliphatic hydroxyl groups excluding tert-OH is 1. The van der Waals surface area contributed by atoms with Crippen LogP contribution in [0.5, 0.6) is 0 Å². The third kappa shape index (κ3) is 2.67. The zero-order valence-electron chi connectivity index (χ0n) is 6.44. The van der Waals surface area contributed by atoms with Gasteiger partial charge in [0.15, 0.2) is 6.10 Å². The van der Waals surface area contributed by atoms with Crippen molar-refractivity contribution in [2.45, 2.75) is 38.1 Å². The van der Waals surface area contributed by atoms with Crippen LogP contribution in [0.1, 0.15) is 20.3 Å². The minimum Gasteiger partial charge on any atom is -0.382 e. The summed E-state index contributed by atoms with van der Waals surface area (Å²) in [5.74, 6) is 0. The lowest BCUT2D eigenvalue weighted by Crippen LogP contribution is -2.54. The van der Waals surface area contributed by atoms with Gasteiger partial charge in [0.2, 0.25) is 0 Å².